The summed E-state index contributed by atoms with van der Waals surface area (Å²) in [5.74, 6) is -0.820. The van der Waals surface area contributed by atoms with Crippen molar-refractivity contribution in [3.8, 4) is 11.1 Å². The first-order valence-electron chi connectivity index (χ1n) is 9.36. The van der Waals surface area contributed by atoms with Crippen molar-refractivity contribution >= 4 is 12.1 Å². The zero-order chi connectivity index (χ0) is 20.4. The van der Waals surface area contributed by atoms with Gasteiger partial charge in [0.05, 0.1) is 0 Å². The Kier molecular flexibility index (Phi) is 11.5. The number of benzene rings is 2. The Morgan fingerprint density at radius 3 is 2.31 bits per heavy atom. The van der Waals surface area contributed by atoms with Crippen LogP contribution in [0, 0.1) is 0 Å². The molecule has 0 unspecified atom stereocenters. The van der Waals surface area contributed by atoms with Crippen LogP contribution in [-0.2, 0) is 16.0 Å². The molecule has 0 aliphatic heterocycles. The summed E-state index contributed by atoms with van der Waals surface area (Å²) in [6.45, 7) is 3.74. The molecule has 2 rings (SSSR count). The quantitative estimate of drug-likeness (QED) is 0.481. The number of unbranched alkanes of at least 4 members (excludes halogenated alkanes) is 1. The molecule has 2 aromatic carbocycles. The van der Waals surface area contributed by atoms with Gasteiger partial charge >= 0.3 is 63.4 Å². The Labute approximate surface area is 216 Å². The van der Waals surface area contributed by atoms with Gasteiger partial charge in [0.1, 0.15) is 5.60 Å². The first-order valence-corrected chi connectivity index (χ1v) is 9.36. The van der Waals surface area contributed by atoms with Gasteiger partial charge in [-0.3, -0.25) is 10.1 Å². The minimum absolute atomic E-state index is 0. The molecule has 0 aliphatic carbocycles. The maximum absolute atomic E-state index is 12.0. The van der Waals surface area contributed by atoms with Gasteiger partial charge < -0.3 is 11.3 Å². The topological polar surface area (TPSA) is 75.6 Å². The number of carboxylic acids is 1. The molecular weight excluding hydrogens is 393 g/mol. The third-order valence-electron chi connectivity index (χ3n) is 4.14. The second kappa shape index (κ2) is 13.0. The number of aliphatic carboxylic acids is 1. The van der Waals surface area contributed by atoms with Crippen LogP contribution in [-0.4, -0.2) is 22.8 Å². The molecule has 0 radical (unpaired) electrons. The molecule has 0 atom stereocenters. The van der Waals surface area contributed by atoms with Crippen LogP contribution in [0.4, 0.5) is 4.79 Å². The molecule has 150 valence electrons. The molecule has 0 heterocycles. The van der Waals surface area contributed by atoms with Gasteiger partial charge in [-0.2, -0.15) is 0 Å². The molecule has 0 fully saturated rings. The van der Waals surface area contributed by atoms with E-state index in [-0.39, 0.29) is 59.2 Å². The monoisotopic (exact) mass is 421 g/mol. The van der Waals surface area contributed by atoms with E-state index in [1.807, 2.05) is 44.2 Å². The van der Waals surface area contributed by atoms with E-state index in [4.69, 9.17) is 9.84 Å². The molecule has 0 saturated carbocycles. The largest absolute Gasteiger partial charge is 1.00 e. The molecule has 0 spiro atoms. The number of hydrogen-bond donors (Lipinski definition) is 2. The Morgan fingerprint density at radius 1 is 1.07 bits per heavy atom. The molecule has 0 bridgehead atoms. The van der Waals surface area contributed by atoms with Gasteiger partial charge in [0.2, 0.25) is 0 Å². The fourth-order valence-electron chi connectivity index (χ4n) is 2.84. The molecule has 29 heavy (non-hydrogen) atoms. The second-order valence-electron chi connectivity index (χ2n) is 7.22. The summed E-state index contributed by atoms with van der Waals surface area (Å²) in [4.78, 5) is 22.4. The summed E-state index contributed by atoms with van der Waals surface area (Å²) in [6.07, 6.45) is 4.52. The number of nitrogens with one attached hydrogen (secondary N) is 1. The van der Waals surface area contributed by atoms with E-state index in [2.05, 4.69) is 29.6 Å². The van der Waals surface area contributed by atoms with Crippen LogP contribution >= 0.6 is 0 Å². The molecule has 0 aliphatic rings. The van der Waals surface area contributed by atoms with Gasteiger partial charge in [-0.1, -0.05) is 60.7 Å². The standard InChI is InChI=1S/C23H27NO4.K.H/c1-23(2,28-22(27)24-16-8-4-7-11-21(25)26)17-18-12-14-20(15-13-18)19-9-5-3-6-10-19;;/h3,5-6,8-10,12-16H,4,7,11,17H2,1-2H3,(H,24,27)(H,25,26);;/q;+1;-1/b16-8-;;. The third kappa shape index (κ3) is 10.2. The van der Waals surface area contributed by atoms with E-state index in [1.165, 1.54) is 11.8 Å². The normalized spacial score (nSPS) is 11.0. The maximum atomic E-state index is 12.0. The Balaban J connectivity index is 0.00000420. The van der Waals surface area contributed by atoms with E-state index in [1.54, 1.807) is 6.08 Å². The fourth-order valence-corrected chi connectivity index (χ4v) is 2.84. The molecule has 1 amide bonds. The zero-order valence-corrected chi connectivity index (χ0v) is 20.5. The van der Waals surface area contributed by atoms with Crippen LogP contribution < -0.4 is 56.7 Å². The predicted molar refractivity (Wildman–Crippen MR) is 111 cm³/mol. The first-order chi connectivity index (χ1) is 13.4. The van der Waals surface area contributed by atoms with Gasteiger partial charge in [0, 0.05) is 19.0 Å². The average Bonchev–Trinajstić information content (AvgIpc) is 2.65. The maximum Gasteiger partial charge on any atom is 1.00 e. The summed E-state index contributed by atoms with van der Waals surface area (Å²) in [5.41, 5.74) is 2.74. The summed E-state index contributed by atoms with van der Waals surface area (Å²) >= 11 is 0. The number of alkyl carbamates (subject to hydrolysis) is 1. The molecule has 0 saturated heterocycles. The van der Waals surface area contributed by atoms with Crippen LogP contribution in [0.5, 0.6) is 0 Å². The number of amides is 1. The fraction of sp³-hybridized carbons (Fsp3) is 0.304. The summed E-state index contributed by atoms with van der Waals surface area (Å²) in [6, 6.07) is 18.4. The van der Waals surface area contributed by atoms with Crippen molar-refractivity contribution in [2.45, 2.75) is 45.1 Å². The van der Waals surface area contributed by atoms with Crippen LogP contribution in [0.1, 0.15) is 40.1 Å². The van der Waals surface area contributed by atoms with Crippen molar-refractivity contribution in [3.05, 3.63) is 72.4 Å². The number of carbonyl (C=O) groups is 2. The van der Waals surface area contributed by atoms with E-state index >= 15 is 0 Å². The molecule has 6 heteroatoms. The van der Waals surface area contributed by atoms with E-state index in [0.29, 0.717) is 19.3 Å². The summed E-state index contributed by atoms with van der Waals surface area (Å²) in [7, 11) is 0. The summed E-state index contributed by atoms with van der Waals surface area (Å²) in [5, 5.41) is 11.1. The minimum Gasteiger partial charge on any atom is -1.00 e. The predicted octanol–water partition coefficient (Wildman–Crippen LogP) is 2.29. The van der Waals surface area contributed by atoms with Crippen molar-refractivity contribution in [2.75, 3.05) is 0 Å². The molecule has 5 nitrogen and oxygen atoms in total. The first kappa shape index (κ1) is 25.6. The number of allylic oxidation sites excluding steroid dienone is 1. The van der Waals surface area contributed by atoms with E-state index < -0.39 is 17.7 Å². The van der Waals surface area contributed by atoms with Crippen molar-refractivity contribution < 1.29 is 72.2 Å². The van der Waals surface area contributed by atoms with Crippen LogP contribution in [0.25, 0.3) is 11.1 Å². The van der Waals surface area contributed by atoms with Crippen LogP contribution in [0.15, 0.2) is 66.9 Å². The van der Waals surface area contributed by atoms with Crippen LogP contribution in [0.3, 0.4) is 0 Å². The molecule has 2 aromatic rings. The molecule has 0 aromatic heterocycles. The second-order valence-corrected chi connectivity index (χ2v) is 7.22. The van der Waals surface area contributed by atoms with E-state index in [0.717, 1.165) is 11.1 Å². The van der Waals surface area contributed by atoms with Gasteiger partial charge in [-0.15, -0.1) is 0 Å². The van der Waals surface area contributed by atoms with Gasteiger partial charge in [-0.25, -0.2) is 4.79 Å². The van der Waals surface area contributed by atoms with Crippen molar-refractivity contribution in [1.29, 1.82) is 0 Å². The van der Waals surface area contributed by atoms with Crippen molar-refractivity contribution in [2.24, 2.45) is 0 Å². The van der Waals surface area contributed by atoms with E-state index in [9.17, 15) is 9.59 Å². The van der Waals surface area contributed by atoms with Crippen molar-refractivity contribution in [1.82, 2.24) is 5.32 Å². The number of ether oxygens (including phenoxy) is 1. The molecule has 2 N–H and O–H groups in total. The number of rotatable bonds is 9. The van der Waals surface area contributed by atoms with Gasteiger partial charge in [0.15, 0.2) is 0 Å². The molecular formula is C23H28KNO4. The van der Waals surface area contributed by atoms with Crippen molar-refractivity contribution in [3.63, 3.8) is 0 Å². The zero-order valence-electron chi connectivity index (χ0n) is 18.4. The van der Waals surface area contributed by atoms with Crippen LogP contribution in [0.2, 0.25) is 0 Å². The number of hydrogen-bond acceptors (Lipinski definition) is 3. The minimum atomic E-state index is -0.820. The Hall–Kier alpha value is -1.44. The number of carboxylic acid groups (broad SMARTS) is 1. The summed E-state index contributed by atoms with van der Waals surface area (Å²) < 4.78 is 5.51. The SMILES string of the molecule is CC(C)(Cc1ccc(-c2ccccc2)cc1)OC(=O)N/C=C\CCCC(=O)O.[H-].[K+]. The Bertz CT molecular complexity index is 808. The number of carbonyl (C=O) groups excluding carboxylic acids is 1. The third-order valence-corrected chi connectivity index (χ3v) is 4.14. The van der Waals surface area contributed by atoms with Gasteiger partial charge in [0.25, 0.3) is 0 Å². The van der Waals surface area contributed by atoms with Gasteiger partial charge in [-0.05, 0) is 43.4 Å². The Morgan fingerprint density at radius 2 is 1.69 bits per heavy atom. The smallest absolute Gasteiger partial charge is 1.00 e. The average molecular weight is 422 g/mol.